The largest absolute Gasteiger partial charge is 0.744 e. The Balaban J connectivity index is 0.000000199. The van der Waals surface area contributed by atoms with Crippen LogP contribution in [0.1, 0.15) is 5.56 Å². The third-order valence-corrected chi connectivity index (χ3v) is 7.93. The molecular weight excluding hydrogens is 507 g/mol. The minimum atomic E-state index is -4.27. The second-order valence-corrected chi connectivity index (χ2v) is 10.8. The zero-order valence-electron chi connectivity index (χ0n) is 16.4. The van der Waals surface area contributed by atoms with Crippen LogP contribution in [0.2, 0.25) is 0 Å². The molecule has 0 atom stereocenters. The predicted molar refractivity (Wildman–Crippen MR) is 115 cm³/mol. The smallest absolute Gasteiger partial charge is 0.358 e. The number of halogens is 1. The normalized spacial score (nSPS) is 10.7. The Labute approximate surface area is 188 Å². The second kappa shape index (κ2) is 10.5. The van der Waals surface area contributed by atoms with Gasteiger partial charge in [0.2, 0.25) is 3.57 Å². The molecule has 0 fully saturated rings. The summed E-state index contributed by atoms with van der Waals surface area (Å²) >= 11 is -0.119. The van der Waals surface area contributed by atoms with Crippen molar-refractivity contribution in [2.75, 3.05) is 0 Å². The lowest BCUT2D eigenvalue weighted by atomic mass is 10.1. The van der Waals surface area contributed by atoms with E-state index in [1.54, 1.807) is 12.1 Å². The number of benzene rings is 4. The van der Waals surface area contributed by atoms with E-state index in [0.29, 0.717) is 0 Å². The fourth-order valence-electron chi connectivity index (χ4n) is 2.70. The van der Waals surface area contributed by atoms with Gasteiger partial charge in [0.15, 0.2) is 3.57 Å². The molecule has 4 aromatic rings. The second-order valence-electron chi connectivity index (χ2n) is 6.50. The summed E-state index contributed by atoms with van der Waals surface area (Å²) < 4.78 is 34.1. The van der Waals surface area contributed by atoms with Crippen molar-refractivity contribution in [2.45, 2.75) is 11.8 Å². The van der Waals surface area contributed by atoms with Crippen molar-refractivity contribution >= 4 is 10.1 Å². The van der Waals surface area contributed by atoms with Crippen LogP contribution >= 0.6 is 0 Å². The van der Waals surface area contributed by atoms with Gasteiger partial charge in [0.1, 0.15) is 10.1 Å². The summed E-state index contributed by atoms with van der Waals surface area (Å²) in [6.07, 6.45) is 0. The van der Waals surface area contributed by atoms with Crippen LogP contribution in [-0.4, -0.2) is 13.0 Å². The van der Waals surface area contributed by atoms with Crippen LogP contribution in [-0.2, 0) is 10.1 Å². The van der Waals surface area contributed by atoms with Crippen LogP contribution in [0.4, 0.5) is 0 Å². The average Bonchev–Trinajstić information content (AvgIpc) is 2.76. The lowest BCUT2D eigenvalue weighted by molar-refractivity contribution is -0.596. The van der Waals surface area contributed by atoms with E-state index in [1.165, 1.54) is 30.4 Å². The Morgan fingerprint density at radius 2 is 1.20 bits per heavy atom. The predicted octanol–water partition coefficient (Wildman–Crippen LogP) is 2.38. The lowest BCUT2D eigenvalue weighted by Crippen LogP contribution is -3.61. The highest BCUT2D eigenvalue weighted by atomic mass is 127. The fourth-order valence-corrected chi connectivity index (χ4v) is 5.78. The van der Waals surface area contributed by atoms with Gasteiger partial charge >= 0.3 is 21.2 Å². The number of hydrogen-bond donors (Lipinski definition) is 0. The first-order valence-electron chi connectivity index (χ1n) is 9.30. The maximum Gasteiger partial charge on any atom is 0.358 e. The van der Waals surface area contributed by atoms with E-state index in [2.05, 4.69) is 84.9 Å². The van der Waals surface area contributed by atoms with Crippen molar-refractivity contribution in [3.63, 3.8) is 0 Å². The number of rotatable bonds is 4. The molecule has 0 saturated carbocycles. The summed E-state index contributed by atoms with van der Waals surface area (Å²) in [7, 11) is -4.27. The van der Waals surface area contributed by atoms with Crippen LogP contribution in [0.5, 0.6) is 0 Å². The molecular formula is C25H21IO3S. The quantitative estimate of drug-likeness (QED) is 0.302. The van der Waals surface area contributed by atoms with Crippen molar-refractivity contribution in [3.8, 4) is 11.1 Å². The molecule has 0 radical (unpaired) electrons. The average molecular weight is 528 g/mol. The summed E-state index contributed by atoms with van der Waals surface area (Å²) in [6, 6.07) is 36.0. The molecule has 3 nitrogen and oxygen atoms in total. The van der Waals surface area contributed by atoms with Crippen molar-refractivity contribution < 1.29 is 34.2 Å². The molecule has 30 heavy (non-hydrogen) atoms. The van der Waals surface area contributed by atoms with Gasteiger partial charge in [-0.2, -0.15) is 0 Å². The van der Waals surface area contributed by atoms with Gasteiger partial charge in [-0.1, -0.05) is 78.4 Å². The standard InChI is InChI=1S/C18H14I.C7H8O3S/c1-3-9-15(10-4-1)17-13-7-8-14-18(17)19-16-11-5-2-6-12-16;1-6-2-4-7(5-3-6)11(8,9)10/h1-14H;2-5H,1H3,(H,8,9,10)/q+1;/p-1. The summed E-state index contributed by atoms with van der Waals surface area (Å²) in [5, 5.41) is 0. The van der Waals surface area contributed by atoms with Crippen LogP contribution in [0.15, 0.2) is 114 Å². The Hall–Kier alpha value is -2.48. The van der Waals surface area contributed by atoms with Crippen molar-refractivity contribution in [2.24, 2.45) is 0 Å². The molecule has 0 amide bonds. The van der Waals surface area contributed by atoms with Gasteiger partial charge in [-0.05, 0) is 48.9 Å². The maximum atomic E-state index is 10.4. The molecule has 5 heteroatoms. The first-order chi connectivity index (χ1) is 14.4. The highest BCUT2D eigenvalue weighted by molar-refractivity contribution is 7.85. The van der Waals surface area contributed by atoms with Crippen LogP contribution < -0.4 is 21.2 Å². The number of hydrogen-bond acceptors (Lipinski definition) is 3. The van der Waals surface area contributed by atoms with Crippen molar-refractivity contribution in [3.05, 3.63) is 122 Å². The molecule has 4 aromatic carbocycles. The maximum absolute atomic E-state index is 10.4. The lowest BCUT2D eigenvalue weighted by Gasteiger charge is -2.05. The molecule has 0 unspecified atom stereocenters. The molecule has 0 heterocycles. The zero-order valence-corrected chi connectivity index (χ0v) is 19.4. The van der Waals surface area contributed by atoms with E-state index >= 15 is 0 Å². The van der Waals surface area contributed by atoms with E-state index in [1.807, 2.05) is 6.92 Å². The first-order valence-corrected chi connectivity index (χ1v) is 12.9. The summed E-state index contributed by atoms with van der Waals surface area (Å²) in [5.41, 5.74) is 3.62. The van der Waals surface area contributed by atoms with Gasteiger partial charge in [0.05, 0.1) is 4.90 Å². The van der Waals surface area contributed by atoms with Crippen LogP contribution in [0, 0.1) is 14.1 Å². The van der Waals surface area contributed by atoms with Crippen molar-refractivity contribution in [1.82, 2.24) is 0 Å². The van der Waals surface area contributed by atoms with E-state index in [4.69, 9.17) is 0 Å². The summed E-state index contributed by atoms with van der Waals surface area (Å²) in [4.78, 5) is -0.178. The monoisotopic (exact) mass is 528 g/mol. The molecule has 152 valence electrons. The van der Waals surface area contributed by atoms with E-state index < -0.39 is 10.1 Å². The third-order valence-electron chi connectivity index (χ3n) is 4.21. The molecule has 0 aliphatic rings. The van der Waals surface area contributed by atoms with Crippen LogP contribution in [0.3, 0.4) is 0 Å². The van der Waals surface area contributed by atoms with E-state index in [9.17, 15) is 13.0 Å². The van der Waals surface area contributed by atoms with Gasteiger partial charge in [-0.15, -0.1) is 0 Å². The minimum Gasteiger partial charge on any atom is -0.744 e. The molecule has 0 aliphatic carbocycles. The Morgan fingerprint density at radius 1 is 0.667 bits per heavy atom. The van der Waals surface area contributed by atoms with Gasteiger partial charge < -0.3 is 4.55 Å². The SMILES string of the molecule is Cc1ccc(S(=O)(=O)[O-])cc1.c1ccc([I+]c2ccccc2-c2ccccc2)cc1. The topological polar surface area (TPSA) is 57.2 Å². The number of aryl methyl sites for hydroxylation is 1. The molecule has 4 rings (SSSR count). The Bertz CT molecular complexity index is 1170. The molecule has 0 bridgehead atoms. The van der Waals surface area contributed by atoms with E-state index in [-0.39, 0.29) is 26.1 Å². The molecule has 0 N–H and O–H groups in total. The fraction of sp³-hybridized carbons (Fsp3) is 0.0400. The molecule has 0 saturated heterocycles. The minimum absolute atomic E-state index is 0.119. The van der Waals surface area contributed by atoms with Crippen molar-refractivity contribution in [1.29, 1.82) is 0 Å². The van der Waals surface area contributed by atoms with Gasteiger partial charge in [0.25, 0.3) is 0 Å². The van der Waals surface area contributed by atoms with Gasteiger partial charge in [-0.25, -0.2) is 8.42 Å². The Kier molecular flexibility index (Phi) is 7.79. The molecule has 0 aliphatic heterocycles. The van der Waals surface area contributed by atoms with E-state index in [0.717, 1.165) is 5.56 Å². The highest BCUT2D eigenvalue weighted by Crippen LogP contribution is 2.17. The van der Waals surface area contributed by atoms with Crippen LogP contribution in [0.25, 0.3) is 11.1 Å². The third kappa shape index (κ3) is 6.52. The summed E-state index contributed by atoms with van der Waals surface area (Å²) in [5.74, 6) is 0. The summed E-state index contributed by atoms with van der Waals surface area (Å²) in [6.45, 7) is 1.82. The molecule has 0 spiro atoms. The first kappa shape index (κ1) is 22.2. The van der Waals surface area contributed by atoms with Gasteiger partial charge in [-0.3, -0.25) is 0 Å². The Morgan fingerprint density at radius 3 is 1.80 bits per heavy atom. The zero-order chi connectivity index (χ0) is 21.4. The highest BCUT2D eigenvalue weighted by Gasteiger charge is 2.19. The molecule has 0 aromatic heterocycles. The van der Waals surface area contributed by atoms with Gasteiger partial charge in [0, 0.05) is 5.56 Å².